The van der Waals surface area contributed by atoms with Crippen molar-refractivity contribution in [3.8, 4) is 23.0 Å². The molecule has 0 fully saturated rings. The van der Waals surface area contributed by atoms with Crippen molar-refractivity contribution in [2.45, 2.75) is 13.2 Å². The van der Waals surface area contributed by atoms with E-state index >= 15 is 0 Å². The van der Waals surface area contributed by atoms with Gasteiger partial charge in [-0.2, -0.15) is 0 Å². The molecule has 2 aliphatic rings. The molecule has 4 heteroatoms. The summed E-state index contributed by atoms with van der Waals surface area (Å²) in [5.41, 5.74) is 0. The van der Waals surface area contributed by atoms with Crippen LogP contribution >= 0.6 is 0 Å². The highest BCUT2D eigenvalue weighted by Crippen LogP contribution is 2.45. The molecule has 4 nitrogen and oxygen atoms in total. The third kappa shape index (κ3) is 0.915. The van der Waals surface area contributed by atoms with E-state index in [1.165, 1.54) is 0 Å². The first kappa shape index (κ1) is 6.88. The van der Waals surface area contributed by atoms with Crippen LogP contribution in [0.4, 0.5) is 0 Å². The van der Waals surface area contributed by atoms with E-state index in [4.69, 9.17) is 18.9 Å². The van der Waals surface area contributed by atoms with Gasteiger partial charge in [-0.25, -0.2) is 0 Å². The summed E-state index contributed by atoms with van der Waals surface area (Å²) in [6.07, 6.45) is -0.225. The van der Waals surface area contributed by atoms with E-state index in [1.54, 1.807) is 12.1 Å². The molecule has 0 bridgehead atoms. The topological polar surface area (TPSA) is 36.9 Å². The quantitative estimate of drug-likeness (QED) is 0.606. The molecule has 0 saturated carbocycles. The van der Waals surface area contributed by atoms with E-state index in [0.717, 1.165) is 23.0 Å². The zero-order valence-corrected chi connectivity index (χ0v) is 7.07. The van der Waals surface area contributed by atoms with Crippen LogP contribution in [0, 0.1) is 0 Å². The van der Waals surface area contributed by atoms with Crippen LogP contribution in [-0.2, 0) is 0 Å². The minimum Gasteiger partial charge on any atom is -0.453 e. The standard InChI is InChI=1S/C9H8O4/c1-5-12-8-2-6-7(11-4-10-6)3-9(8)13-5/h2-3,5H,4H2,1H3. The molecule has 0 aromatic heterocycles. The van der Waals surface area contributed by atoms with Crippen molar-refractivity contribution in [2.24, 2.45) is 0 Å². The largest absolute Gasteiger partial charge is 0.453 e. The monoisotopic (exact) mass is 180 g/mol. The Morgan fingerprint density at radius 1 is 1.00 bits per heavy atom. The first-order valence-corrected chi connectivity index (χ1v) is 4.10. The summed E-state index contributed by atoms with van der Waals surface area (Å²) < 4.78 is 21.2. The van der Waals surface area contributed by atoms with Crippen LogP contribution < -0.4 is 18.9 Å². The average Bonchev–Trinajstić information content (AvgIpc) is 2.63. The van der Waals surface area contributed by atoms with Gasteiger partial charge in [0.1, 0.15) is 0 Å². The Morgan fingerprint density at radius 2 is 1.54 bits per heavy atom. The molecule has 1 aromatic carbocycles. The number of ether oxygens (including phenoxy) is 4. The lowest BCUT2D eigenvalue weighted by molar-refractivity contribution is 0.0674. The summed E-state index contributed by atoms with van der Waals surface area (Å²) >= 11 is 0. The molecular formula is C9H8O4. The Bertz CT molecular complexity index is 328. The molecule has 0 saturated heterocycles. The predicted molar refractivity (Wildman–Crippen MR) is 43.3 cm³/mol. The Hall–Kier alpha value is -1.58. The summed E-state index contributed by atoms with van der Waals surface area (Å²) in [7, 11) is 0. The fourth-order valence-corrected chi connectivity index (χ4v) is 1.47. The van der Waals surface area contributed by atoms with Gasteiger partial charge in [-0.15, -0.1) is 0 Å². The molecular weight excluding hydrogens is 172 g/mol. The van der Waals surface area contributed by atoms with Crippen molar-refractivity contribution in [3.05, 3.63) is 12.1 Å². The Kier molecular flexibility index (Phi) is 1.17. The van der Waals surface area contributed by atoms with Crippen molar-refractivity contribution >= 4 is 0 Å². The van der Waals surface area contributed by atoms with Gasteiger partial charge in [0.05, 0.1) is 0 Å². The molecule has 0 atom stereocenters. The fourth-order valence-electron chi connectivity index (χ4n) is 1.47. The van der Waals surface area contributed by atoms with Crippen LogP contribution in [0.1, 0.15) is 6.92 Å². The molecule has 0 unspecified atom stereocenters. The minimum absolute atomic E-state index is 0.225. The molecule has 0 aliphatic carbocycles. The second-order valence-electron chi connectivity index (χ2n) is 2.96. The van der Waals surface area contributed by atoms with Crippen LogP contribution in [0.25, 0.3) is 0 Å². The van der Waals surface area contributed by atoms with Crippen molar-refractivity contribution in [3.63, 3.8) is 0 Å². The SMILES string of the molecule is CC1Oc2cc3c(cc2O1)OCO3. The molecule has 0 amide bonds. The van der Waals surface area contributed by atoms with Crippen LogP contribution in [0.3, 0.4) is 0 Å². The Balaban J connectivity index is 2.10. The minimum atomic E-state index is -0.225. The number of rotatable bonds is 0. The van der Waals surface area contributed by atoms with Gasteiger partial charge in [0.2, 0.25) is 13.1 Å². The third-order valence-corrected chi connectivity index (χ3v) is 2.02. The van der Waals surface area contributed by atoms with Crippen molar-refractivity contribution in [2.75, 3.05) is 6.79 Å². The number of benzene rings is 1. The van der Waals surface area contributed by atoms with Crippen LogP contribution in [-0.4, -0.2) is 13.1 Å². The Labute approximate surface area is 75.0 Å². The summed E-state index contributed by atoms with van der Waals surface area (Å²) in [4.78, 5) is 0. The van der Waals surface area contributed by atoms with E-state index in [1.807, 2.05) is 6.92 Å². The normalized spacial score (nSPS) is 17.9. The van der Waals surface area contributed by atoms with Crippen molar-refractivity contribution < 1.29 is 18.9 Å². The smallest absolute Gasteiger partial charge is 0.238 e. The zero-order valence-electron chi connectivity index (χ0n) is 7.07. The maximum atomic E-state index is 5.37. The van der Waals surface area contributed by atoms with E-state index in [-0.39, 0.29) is 13.1 Å². The lowest BCUT2D eigenvalue weighted by atomic mass is 10.3. The molecule has 2 heterocycles. The average molecular weight is 180 g/mol. The second-order valence-corrected chi connectivity index (χ2v) is 2.96. The molecule has 13 heavy (non-hydrogen) atoms. The van der Waals surface area contributed by atoms with Gasteiger partial charge in [-0.05, 0) is 0 Å². The molecule has 3 rings (SSSR count). The second kappa shape index (κ2) is 2.22. The maximum Gasteiger partial charge on any atom is 0.238 e. The first-order valence-electron chi connectivity index (χ1n) is 4.10. The van der Waals surface area contributed by atoms with E-state index in [0.29, 0.717) is 0 Å². The molecule has 0 radical (unpaired) electrons. The third-order valence-electron chi connectivity index (χ3n) is 2.02. The molecule has 0 spiro atoms. The van der Waals surface area contributed by atoms with Crippen LogP contribution in [0.5, 0.6) is 23.0 Å². The molecule has 68 valence electrons. The summed E-state index contributed by atoms with van der Waals surface area (Å²) in [6.45, 7) is 2.11. The summed E-state index contributed by atoms with van der Waals surface area (Å²) in [6, 6.07) is 3.59. The lowest BCUT2D eigenvalue weighted by Gasteiger charge is -1.99. The lowest BCUT2D eigenvalue weighted by Crippen LogP contribution is -2.11. The number of hydrogen-bond donors (Lipinski definition) is 0. The molecule has 2 aliphatic heterocycles. The van der Waals surface area contributed by atoms with Crippen molar-refractivity contribution in [1.82, 2.24) is 0 Å². The highest BCUT2D eigenvalue weighted by atomic mass is 16.7. The summed E-state index contributed by atoms with van der Waals surface area (Å²) in [5, 5.41) is 0. The number of hydrogen-bond acceptors (Lipinski definition) is 4. The van der Waals surface area contributed by atoms with Crippen LogP contribution in [0.15, 0.2) is 12.1 Å². The van der Waals surface area contributed by atoms with Gasteiger partial charge < -0.3 is 18.9 Å². The highest BCUT2D eigenvalue weighted by Gasteiger charge is 2.25. The maximum absolute atomic E-state index is 5.37. The zero-order chi connectivity index (χ0) is 8.84. The predicted octanol–water partition coefficient (Wildman–Crippen LogP) is 1.53. The Morgan fingerprint density at radius 3 is 2.08 bits per heavy atom. The van der Waals surface area contributed by atoms with Gasteiger partial charge in [0, 0.05) is 19.1 Å². The highest BCUT2D eigenvalue weighted by molar-refractivity contribution is 5.56. The molecule has 0 N–H and O–H groups in total. The summed E-state index contributed by atoms with van der Waals surface area (Å²) in [5.74, 6) is 2.88. The van der Waals surface area contributed by atoms with Gasteiger partial charge in [0.15, 0.2) is 23.0 Å². The van der Waals surface area contributed by atoms with Gasteiger partial charge >= 0.3 is 0 Å². The van der Waals surface area contributed by atoms with Gasteiger partial charge in [-0.3, -0.25) is 0 Å². The van der Waals surface area contributed by atoms with Crippen LogP contribution in [0.2, 0.25) is 0 Å². The van der Waals surface area contributed by atoms with E-state index < -0.39 is 0 Å². The van der Waals surface area contributed by atoms with Crippen molar-refractivity contribution in [1.29, 1.82) is 0 Å². The fraction of sp³-hybridized carbons (Fsp3) is 0.333. The first-order chi connectivity index (χ1) is 6.33. The van der Waals surface area contributed by atoms with E-state index in [2.05, 4.69) is 0 Å². The molecule has 1 aromatic rings. The van der Waals surface area contributed by atoms with E-state index in [9.17, 15) is 0 Å². The van der Waals surface area contributed by atoms with Gasteiger partial charge in [0.25, 0.3) is 0 Å². The number of fused-ring (bicyclic) bond motifs is 2. The van der Waals surface area contributed by atoms with Gasteiger partial charge in [-0.1, -0.05) is 0 Å².